The van der Waals surface area contributed by atoms with Gasteiger partial charge in [0, 0.05) is 6.10 Å². The van der Waals surface area contributed by atoms with Crippen molar-refractivity contribution in [2.75, 3.05) is 0 Å². The van der Waals surface area contributed by atoms with E-state index in [4.69, 9.17) is 4.43 Å². The molecule has 0 aliphatic rings. The first-order chi connectivity index (χ1) is 9.73. The van der Waals surface area contributed by atoms with Crippen molar-refractivity contribution < 1.29 is 4.43 Å². The van der Waals surface area contributed by atoms with Gasteiger partial charge in [0.1, 0.15) is 0 Å². The molecule has 126 valence electrons. The highest BCUT2D eigenvalue weighted by atomic mass is 28.4. The smallest absolute Gasteiger partial charge is 0.200 e. The Bertz CT molecular complexity index is 272. The number of hydrogen-bond acceptors (Lipinski definition) is 1. The molecule has 0 saturated carbocycles. The van der Waals surface area contributed by atoms with Crippen LogP contribution in [0.2, 0.25) is 16.6 Å². The molecule has 0 bridgehead atoms. The molecule has 0 aromatic heterocycles. The summed E-state index contributed by atoms with van der Waals surface area (Å²) in [6, 6.07) is 0. The molecule has 2 heteroatoms. The molecule has 0 N–H and O–H groups in total. The summed E-state index contributed by atoms with van der Waals surface area (Å²) in [6.07, 6.45) is 8.41. The highest BCUT2D eigenvalue weighted by Gasteiger charge is 2.46. The fourth-order valence-electron chi connectivity index (χ4n) is 3.98. The van der Waals surface area contributed by atoms with E-state index in [1.165, 1.54) is 12.8 Å². The van der Waals surface area contributed by atoms with Gasteiger partial charge in [-0.05, 0) is 48.7 Å². The summed E-state index contributed by atoms with van der Waals surface area (Å²) >= 11 is 0. The predicted octanol–water partition coefficient (Wildman–Crippen LogP) is 6.95. The number of rotatable bonds is 10. The highest BCUT2D eigenvalue weighted by molar-refractivity contribution is 6.77. The molecular weight excluding hydrogens is 272 g/mol. The van der Waals surface area contributed by atoms with Gasteiger partial charge in [-0.25, -0.2) is 0 Å². The van der Waals surface area contributed by atoms with Crippen molar-refractivity contribution in [2.24, 2.45) is 5.92 Å². The molecule has 0 unspecified atom stereocenters. The van der Waals surface area contributed by atoms with Crippen LogP contribution < -0.4 is 0 Å². The zero-order chi connectivity index (χ0) is 16.6. The van der Waals surface area contributed by atoms with Gasteiger partial charge in [0.15, 0.2) is 0 Å². The maximum Gasteiger partial charge on any atom is 0.200 e. The summed E-state index contributed by atoms with van der Waals surface area (Å²) in [4.78, 5) is 0. The monoisotopic (exact) mass is 312 g/mol. The number of hydrogen-bond donors (Lipinski definition) is 0. The summed E-state index contributed by atoms with van der Waals surface area (Å²) in [5.74, 6) is 0.648. The Morgan fingerprint density at radius 3 is 1.71 bits per heavy atom. The van der Waals surface area contributed by atoms with E-state index in [0.29, 0.717) is 28.6 Å². The van der Waals surface area contributed by atoms with Crippen LogP contribution in [0.15, 0.2) is 12.2 Å². The average Bonchev–Trinajstić information content (AvgIpc) is 2.38. The van der Waals surface area contributed by atoms with Crippen LogP contribution >= 0.6 is 0 Å². The molecule has 0 fully saturated rings. The molecule has 0 rings (SSSR count). The lowest BCUT2D eigenvalue weighted by molar-refractivity contribution is 0.112. The van der Waals surface area contributed by atoms with Crippen molar-refractivity contribution >= 4 is 8.32 Å². The van der Waals surface area contributed by atoms with Gasteiger partial charge >= 0.3 is 0 Å². The van der Waals surface area contributed by atoms with Gasteiger partial charge in [-0.2, -0.15) is 0 Å². The third-order valence-electron chi connectivity index (χ3n) is 5.12. The highest BCUT2D eigenvalue weighted by Crippen LogP contribution is 2.44. The lowest BCUT2D eigenvalue weighted by atomic mass is 9.97. The second kappa shape index (κ2) is 9.84. The molecule has 0 aromatic carbocycles. The Hall–Kier alpha value is -0.0831. The molecule has 0 radical (unpaired) electrons. The van der Waals surface area contributed by atoms with Crippen LogP contribution in [0.25, 0.3) is 0 Å². The van der Waals surface area contributed by atoms with Gasteiger partial charge in [0.25, 0.3) is 0 Å². The summed E-state index contributed by atoms with van der Waals surface area (Å²) in [5.41, 5.74) is 2.03. The van der Waals surface area contributed by atoms with Gasteiger partial charge < -0.3 is 4.43 Å². The first-order valence-corrected chi connectivity index (χ1v) is 11.2. The Morgan fingerprint density at radius 1 is 0.905 bits per heavy atom. The summed E-state index contributed by atoms with van der Waals surface area (Å²) in [7, 11) is -1.74. The van der Waals surface area contributed by atoms with Crippen LogP contribution in [0.5, 0.6) is 0 Å². The maximum absolute atomic E-state index is 6.98. The van der Waals surface area contributed by atoms with Crippen LogP contribution in [-0.4, -0.2) is 14.4 Å². The van der Waals surface area contributed by atoms with Crippen LogP contribution in [0.1, 0.15) is 81.6 Å². The quantitative estimate of drug-likeness (QED) is 0.313. The Kier molecular flexibility index (Phi) is 9.80. The minimum atomic E-state index is -1.74. The van der Waals surface area contributed by atoms with Crippen LogP contribution in [0, 0.1) is 5.92 Å². The third kappa shape index (κ3) is 5.56. The van der Waals surface area contributed by atoms with E-state index in [2.05, 4.69) is 74.5 Å². The van der Waals surface area contributed by atoms with Crippen LogP contribution in [0.3, 0.4) is 0 Å². The zero-order valence-corrected chi connectivity index (χ0v) is 17.1. The maximum atomic E-state index is 6.98. The minimum Gasteiger partial charge on any atom is -0.413 e. The summed E-state index contributed by atoms with van der Waals surface area (Å²) < 4.78 is 6.98. The molecule has 0 spiro atoms. The zero-order valence-electron chi connectivity index (χ0n) is 16.1. The molecule has 0 heterocycles. The molecule has 21 heavy (non-hydrogen) atoms. The Morgan fingerprint density at radius 2 is 1.38 bits per heavy atom. The number of allylic oxidation sites excluding steroid dienone is 2. The van der Waals surface area contributed by atoms with Crippen molar-refractivity contribution in [3.8, 4) is 0 Å². The first kappa shape index (κ1) is 20.9. The standard InChI is InChI=1S/C19H40OSi/c1-10-12-13-14-18(9)19(11-2)20-21(15(3)4,16(5)6)17(7)8/h10,12,15-19H,11,13-14H2,1-9H3/b12-10+/t18-,19+/m0/s1. The molecular formula is C19H40OSi. The van der Waals surface area contributed by atoms with Crippen molar-refractivity contribution in [1.29, 1.82) is 0 Å². The third-order valence-corrected chi connectivity index (χ3v) is 11.2. The largest absolute Gasteiger partial charge is 0.413 e. The topological polar surface area (TPSA) is 9.23 Å². The Labute approximate surface area is 135 Å². The van der Waals surface area contributed by atoms with Crippen LogP contribution in [0.4, 0.5) is 0 Å². The van der Waals surface area contributed by atoms with E-state index < -0.39 is 8.32 Å². The van der Waals surface area contributed by atoms with Crippen molar-refractivity contribution in [3.05, 3.63) is 12.2 Å². The van der Waals surface area contributed by atoms with E-state index in [1.807, 2.05) is 0 Å². The SMILES string of the molecule is C/C=C/CC[C@H](C)[C@@H](CC)O[Si](C(C)C)(C(C)C)C(C)C. The lowest BCUT2D eigenvalue weighted by Crippen LogP contribution is -2.51. The summed E-state index contributed by atoms with van der Waals surface area (Å²) in [5, 5.41) is 0. The van der Waals surface area contributed by atoms with E-state index in [9.17, 15) is 0 Å². The van der Waals surface area contributed by atoms with Crippen LogP contribution in [-0.2, 0) is 4.43 Å². The second-order valence-corrected chi connectivity index (χ2v) is 12.9. The second-order valence-electron chi connectivity index (χ2n) is 7.51. The van der Waals surface area contributed by atoms with Crippen molar-refractivity contribution in [2.45, 2.75) is 104 Å². The average molecular weight is 313 g/mol. The first-order valence-electron chi connectivity index (χ1n) is 9.02. The van der Waals surface area contributed by atoms with E-state index in [1.54, 1.807) is 0 Å². The molecule has 0 saturated heterocycles. The molecule has 2 atom stereocenters. The minimum absolute atomic E-state index is 0.425. The predicted molar refractivity (Wildman–Crippen MR) is 99.4 cm³/mol. The fourth-order valence-corrected chi connectivity index (χ4v) is 9.72. The normalized spacial score (nSPS) is 16.4. The molecule has 1 nitrogen and oxygen atoms in total. The van der Waals surface area contributed by atoms with Gasteiger partial charge in [0.2, 0.25) is 8.32 Å². The van der Waals surface area contributed by atoms with E-state index in [0.717, 1.165) is 6.42 Å². The molecule has 0 amide bonds. The van der Waals surface area contributed by atoms with E-state index in [-0.39, 0.29) is 0 Å². The van der Waals surface area contributed by atoms with Crippen molar-refractivity contribution in [1.82, 2.24) is 0 Å². The van der Waals surface area contributed by atoms with Gasteiger partial charge in [-0.1, -0.05) is 67.5 Å². The molecule has 0 aromatic rings. The van der Waals surface area contributed by atoms with Gasteiger partial charge in [0.05, 0.1) is 0 Å². The molecule has 0 aliphatic heterocycles. The van der Waals surface area contributed by atoms with Crippen molar-refractivity contribution in [3.63, 3.8) is 0 Å². The summed E-state index contributed by atoms with van der Waals surface area (Å²) in [6.45, 7) is 21.0. The van der Waals surface area contributed by atoms with Gasteiger partial charge in [-0.15, -0.1) is 0 Å². The lowest BCUT2D eigenvalue weighted by Gasteiger charge is -2.45. The van der Waals surface area contributed by atoms with E-state index >= 15 is 0 Å². The Balaban J connectivity index is 5.09. The fraction of sp³-hybridized carbons (Fsp3) is 0.895. The molecule has 0 aliphatic carbocycles. The van der Waals surface area contributed by atoms with Gasteiger partial charge in [-0.3, -0.25) is 0 Å².